The summed E-state index contributed by atoms with van der Waals surface area (Å²) in [5.74, 6) is -3.04. The van der Waals surface area contributed by atoms with Crippen molar-refractivity contribution in [3.63, 3.8) is 0 Å². The number of nitrogens with zero attached hydrogens (tertiary/aromatic N) is 2. The lowest BCUT2D eigenvalue weighted by Gasteiger charge is -2.18. The smallest absolute Gasteiger partial charge is 0.326 e. The van der Waals surface area contributed by atoms with Gasteiger partial charge in [0.05, 0.1) is 21.7 Å². The van der Waals surface area contributed by atoms with Gasteiger partial charge in [0, 0.05) is 28.8 Å². The zero-order chi connectivity index (χ0) is 29.8. The second-order valence-corrected chi connectivity index (χ2v) is 9.17. The van der Waals surface area contributed by atoms with E-state index >= 15 is 0 Å². The van der Waals surface area contributed by atoms with Crippen molar-refractivity contribution in [1.29, 1.82) is 0 Å². The Labute approximate surface area is 238 Å². The molecule has 1 atom stereocenters. The van der Waals surface area contributed by atoms with E-state index in [1.807, 2.05) is 0 Å². The molecule has 0 aromatic heterocycles. The number of esters is 1. The molecule has 3 amide bonds. The number of carbonyl (C=O) groups excluding carboxylic acids is 5. The molecule has 1 N–H and O–H groups in total. The summed E-state index contributed by atoms with van der Waals surface area (Å²) < 4.78 is 5.43. The normalized spacial score (nSPS) is 12.8. The van der Waals surface area contributed by atoms with Crippen molar-refractivity contribution in [2.75, 3.05) is 11.4 Å². The summed E-state index contributed by atoms with van der Waals surface area (Å²) in [4.78, 5) is 75.4. The number of benzene rings is 4. The van der Waals surface area contributed by atoms with Crippen LogP contribution in [0.5, 0.6) is 0 Å². The van der Waals surface area contributed by atoms with Gasteiger partial charge in [0.1, 0.15) is 6.54 Å². The molecule has 5 rings (SSSR count). The van der Waals surface area contributed by atoms with Crippen LogP contribution in [0.3, 0.4) is 0 Å². The highest BCUT2D eigenvalue weighted by atomic mass is 16.6. The SMILES string of the molecule is O=C(CNC(=O)c1ccc(N2C(=O)c3ccccc3C2=O)cc1)OC(C(=O)c1ccccc1)c1ccc([N+](=O)[O-])cc1. The Morgan fingerprint density at radius 1 is 0.762 bits per heavy atom. The molecule has 1 aliphatic heterocycles. The van der Waals surface area contributed by atoms with Crippen LogP contribution in [0.1, 0.15) is 53.1 Å². The minimum absolute atomic E-state index is 0.149. The number of Topliss-reactive ketones (excluding diaryl/α,β-unsaturated/α-hetero) is 1. The third-order valence-electron chi connectivity index (χ3n) is 6.53. The number of amides is 3. The molecule has 0 aliphatic carbocycles. The number of imide groups is 1. The van der Waals surface area contributed by atoms with E-state index in [0.29, 0.717) is 11.1 Å². The molecular weight excluding hydrogens is 542 g/mol. The molecule has 0 fully saturated rings. The lowest BCUT2D eigenvalue weighted by Crippen LogP contribution is -2.32. The van der Waals surface area contributed by atoms with Gasteiger partial charge in [-0.3, -0.25) is 34.1 Å². The average molecular weight is 564 g/mol. The zero-order valence-electron chi connectivity index (χ0n) is 21.8. The number of hydrogen-bond acceptors (Lipinski definition) is 8. The third kappa shape index (κ3) is 5.52. The predicted molar refractivity (Wildman–Crippen MR) is 149 cm³/mol. The maximum atomic E-state index is 13.2. The van der Waals surface area contributed by atoms with Gasteiger partial charge < -0.3 is 10.1 Å². The third-order valence-corrected chi connectivity index (χ3v) is 6.53. The van der Waals surface area contributed by atoms with Crippen LogP contribution in [0.4, 0.5) is 11.4 Å². The van der Waals surface area contributed by atoms with Crippen molar-refractivity contribution in [2.45, 2.75) is 6.10 Å². The topological polar surface area (TPSA) is 153 Å². The number of non-ortho nitro benzene ring substituents is 1. The highest BCUT2D eigenvalue weighted by Crippen LogP contribution is 2.29. The molecule has 11 nitrogen and oxygen atoms in total. The predicted octanol–water partition coefficient (Wildman–Crippen LogP) is 4.29. The zero-order valence-corrected chi connectivity index (χ0v) is 21.8. The van der Waals surface area contributed by atoms with Crippen LogP contribution in [0.2, 0.25) is 0 Å². The van der Waals surface area contributed by atoms with E-state index in [1.54, 1.807) is 54.6 Å². The number of anilines is 1. The first-order chi connectivity index (χ1) is 20.2. The van der Waals surface area contributed by atoms with E-state index in [0.717, 1.165) is 4.90 Å². The van der Waals surface area contributed by atoms with E-state index in [4.69, 9.17) is 4.74 Å². The second-order valence-electron chi connectivity index (χ2n) is 9.17. The summed E-state index contributed by atoms with van der Waals surface area (Å²) in [7, 11) is 0. The van der Waals surface area contributed by atoms with Gasteiger partial charge in [-0.2, -0.15) is 0 Å². The molecule has 11 heteroatoms. The molecule has 4 aromatic carbocycles. The van der Waals surface area contributed by atoms with Crippen molar-refractivity contribution in [3.05, 3.63) is 141 Å². The summed E-state index contributed by atoms with van der Waals surface area (Å²) in [6, 6.07) is 25.3. The molecule has 0 saturated heterocycles. The first-order valence-corrected chi connectivity index (χ1v) is 12.6. The van der Waals surface area contributed by atoms with Crippen LogP contribution >= 0.6 is 0 Å². The van der Waals surface area contributed by atoms with Crippen molar-refractivity contribution < 1.29 is 33.6 Å². The van der Waals surface area contributed by atoms with E-state index in [2.05, 4.69) is 5.32 Å². The largest absolute Gasteiger partial charge is 0.448 e. The average Bonchev–Trinajstić information content (AvgIpc) is 3.28. The van der Waals surface area contributed by atoms with Crippen LogP contribution in [-0.4, -0.2) is 40.9 Å². The summed E-state index contributed by atoms with van der Waals surface area (Å²) in [5, 5.41) is 13.4. The van der Waals surface area contributed by atoms with E-state index in [9.17, 15) is 34.1 Å². The van der Waals surface area contributed by atoms with E-state index in [-0.39, 0.29) is 28.1 Å². The Balaban J connectivity index is 1.25. The molecule has 4 aromatic rings. The molecule has 0 bridgehead atoms. The van der Waals surface area contributed by atoms with E-state index < -0.39 is 47.0 Å². The number of nitro benzene ring substituents is 1. The van der Waals surface area contributed by atoms with Crippen molar-refractivity contribution >= 4 is 40.8 Å². The Hall–Kier alpha value is -5.97. The van der Waals surface area contributed by atoms with Crippen LogP contribution in [0, 0.1) is 10.1 Å². The van der Waals surface area contributed by atoms with Crippen LogP contribution in [0.15, 0.2) is 103 Å². The molecule has 208 valence electrons. The van der Waals surface area contributed by atoms with Gasteiger partial charge in [-0.15, -0.1) is 0 Å². The first kappa shape index (κ1) is 27.6. The molecule has 0 saturated carbocycles. The fourth-order valence-corrected chi connectivity index (χ4v) is 4.41. The standard InChI is InChI=1S/C31H21N3O8/c35-26(42-28(27(36)19-6-2-1-3-7-19)20-10-16-23(17-11-20)34(40)41)18-32-29(37)21-12-14-22(15-13-21)33-30(38)24-8-4-5-9-25(24)31(33)39/h1-17,28H,18H2,(H,32,37). The number of nitro groups is 1. The number of ketones is 1. The van der Waals surface area contributed by atoms with E-state index in [1.165, 1.54) is 48.5 Å². The van der Waals surface area contributed by atoms with Gasteiger partial charge in [0.25, 0.3) is 23.4 Å². The van der Waals surface area contributed by atoms with Gasteiger partial charge in [0.2, 0.25) is 5.78 Å². The summed E-state index contributed by atoms with van der Waals surface area (Å²) in [6.07, 6.45) is -1.41. The minimum Gasteiger partial charge on any atom is -0.448 e. The fraction of sp³-hybridized carbons (Fsp3) is 0.0645. The number of ether oxygens (including phenoxy) is 1. The highest BCUT2D eigenvalue weighted by Gasteiger charge is 2.36. The lowest BCUT2D eigenvalue weighted by molar-refractivity contribution is -0.384. The number of carbonyl (C=O) groups is 5. The van der Waals surface area contributed by atoms with Crippen LogP contribution < -0.4 is 10.2 Å². The molecule has 1 unspecified atom stereocenters. The maximum absolute atomic E-state index is 13.2. The molecular formula is C31H21N3O8. The monoisotopic (exact) mass is 563 g/mol. The summed E-state index contributed by atoms with van der Waals surface area (Å²) in [5.41, 5.74) is 1.30. The Kier molecular flexibility index (Phi) is 7.65. The highest BCUT2D eigenvalue weighted by molar-refractivity contribution is 6.34. The van der Waals surface area contributed by atoms with Crippen LogP contribution in [0.25, 0.3) is 0 Å². The molecule has 1 aliphatic rings. The Morgan fingerprint density at radius 2 is 1.33 bits per heavy atom. The fourth-order valence-electron chi connectivity index (χ4n) is 4.41. The van der Waals surface area contributed by atoms with Crippen molar-refractivity contribution in [3.8, 4) is 0 Å². The number of fused-ring (bicyclic) bond motifs is 1. The maximum Gasteiger partial charge on any atom is 0.326 e. The van der Waals surface area contributed by atoms with Gasteiger partial charge in [-0.1, -0.05) is 42.5 Å². The number of nitrogens with one attached hydrogen (secondary N) is 1. The Bertz CT molecular complexity index is 1680. The minimum atomic E-state index is -1.41. The number of hydrogen-bond donors (Lipinski definition) is 1. The van der Waals surface area contributed by atoms with Crippen LogP contribution in [-0.2, 0) is 9.53 Å². The second kappa shape index (κ2) is 11.6. The lowest BCUT2D eigenvalue weighted by atomic mass is 9.99. The molecule has 0 spiro atoms. The van der Waals surface area contributed by atoms with Crippen molar-refractivity contribution in [1.82, 2.24) is 5.32 Å². The molecule has 1 heterocycles. The van der Waals surface area contributed by atoms with Gasteiger partial charge >= 0.3 is 5.97 Å². The van der Waals surface area contributed by atoms with Gasteiger partial charge in [-0.05, 0) is 48.5 Å². The summed E-state index contributed by atoms with van der Waals surface area (Å²) >= 11 is 0. The molecule has 0 radical (unpaired) electrons. The molecule has 42 heavy (non-hydrogen) atoms. The first-order valence-electron chi connectivity index (χ1n) is 12.6. The quantitative estimate of drug-likeness (QED) is 0.104. The Morgan fingerprint density at radius 3 is 1.90 bits per heavy atom. The van der Waals surface area contributed by atoms with Gasteiger partial charge in [-0.25, -0.2) is 4.90 Å². The van der Waals surface area contributed by atoms with Crippen molar-refractivity contribution in [2.24, 2.45) is 0 Å². The van der Waals surface area contributed by atoms with Gasteiger partial charge in [0.15, 0.2) is 6.10 Å². The number of rotatable bonds is 9. The summed E-state index contributed by atoms with van der Waals surface area (Å²) in [6.45, 7) is -0.579.